The van der Waals surface area contributed by atoms with Crippen molar-refractivity contribution in [3.63, 3.8) is 0 Å². The summed E-state index contributed by atoms with van der Waals surface area (Å²) < 4.78 is 231. The van der Waals surface area contributed by atoms with Gasteiger partial charge in [-0.3, -0.25) is 0 Å². The van der Waals surface area contributed by atoms with Crippen molar-refractivity contribution < 1.29 is 65.9 Å². The quantitative estimate of drug-likeness (QED) is 0.0684. The Kier molecular flexibility index (Phi) is 9.70. The van der Waals surface area contributed by atoms with E-state index in [1.165, 1.54) is 74.2 Å². The van der Waals surface area contributed by atoms with Crippen molar-refractivity contribution in [2.24, 2.45) is 0 Å². The third-order valence-electron chi connectivity index (χ3n) is 8.88. The third kappa shape index (κ3) is 5.65. The summed E-state index contributed by atoms with van der Waals surface area (Å²) in [5.74, 6) is -41.4. The first-order chi connectivity index (χ1) is 25.2. The topological polar surface area (TPSA) is 0 Å². The third-order valence-corrected chi connectivity index (χ3v) is 10.9. The van der Waals surface area contributed by atoms with E-state index in [9.17, 15) is 13.2 Å². The molecular formula is C37H18BF15Si. The van der Waals surface area contributed by atoms with Gasteiger partial charge in [-0.1, -0.05) is 79.7 Å². The second kappa shape index (κ2) is 13.6. The largest absolute Gasteiger partial charge is 0.258 e. The van der Waals surface area contributed by atoms with Crippen LogP contribution in [0, 0.1) is 87.3 Å². The zero-order valence-corrected chi connectivity index (χ0v) is 28.4. The summed E-state index contributed by atoms with van der Waals surface area (Å²) in [6, 6.07) is 11.5. The maximum Gasteiger partial charge on any atom is 0.258 e. The Morgan fingerprint density at radius 3 is 1.06 bits per heavy atom. The molecule has 0 aliphatic carbocycles. The van der Waals surface area contributed by atoms with Crippen molar-refractivity contribution in [1.82, 2.24) is 0 Å². The lowest BCUT2D eigenvalue weighted by Gasteiger charge is -2.32. The SMILES string of the molecule is C[Si](C)(C)c1c(-c2c(F)c(F)c(F)c(F)c2F)c(B(c2c(F)c(F)c(F)c(F)c2F)c2c(F)c(F)c(F)c(F)c2F)c(-c2ccccc2)c2ccccc12. The van der Waals surface area contributed by atoms with E-state index in [0.717, 1.165) is 0 Å². The maximum absolute atomic E-state index is 16.2. The number of rotatable bonds is 6. The van der Waals surface area contributed by atoms with Crippen LogP contribution in [0.4, 0.5) is 65.9 Å². The van der Waals surface area contributed by atoms with E-state index < -0.39 is 135 Å². The smallest absolute Gasteiger partial charge is 0.204 e. The summed E-state index contributed by atoms with van der Waals surface area (Å²) in [6.07, 6.45) is 0. The highest BCUT2D eigenvalue weighted by atomic mass is 28.3. The van der Waals surface area contributed by atoms with Gasteiger partial charge in [-0.2, -0.15) is 0 Å². The first kappa shape index (κ1) is 38.5. The molecule has 0 radical (unpaired) electrons. The van der Waals surface area contributed by atoms with Crippen molar-refractivity contribution in [3.05, 3.63) is 142 Å². The van der Waals surface area contributed by atoms with Crippen LogP contribution < -0.4 is 21.6 Å². The highest BCUT2D eigenvalue weighted by Gasteiger charge is 2.46. The number of halogens is 15. The Morgan fingerprint density at radius 2 is 0.667 bits per heavy atom. The number of hydrogen-bond acceptors (Lipinski definition) is 0. The standard InChI is InChI=1S/C37H18BF15Si/c1-54(2,3)37-15-12-8-7-11-14(15)16(13-9-5-4-6-10-13)19(17(37)18-22(39)28(45)34(51)29(46)23(18)40)38(20-24(41)30(47)35(52)31(48)25(20)42)21-26(43)32(49)36(53)33(50)27(21)44/h4-12H,1-3H3. The second-order valence-corrected chi connectivity index (χ2v) is 18.0. The first-order valence-electron chi connectivity index (χ1n) is 15.4. The molecule has 0 N–H and O–H groups in total. The zero-order valence-electron chi connectivity index (χ0n) is 27.4. The Labute approximate surface area is 296 Å². The number of fused-ring (bicyclic) bond motifs is 1. The lowest BCUT2D eigenvalue weighted by molar-refractivity contribution is 0.381. The molecule has 0 fully saturated rings. The van der Waals surface area contributed by atoms with Gasteiger partial charge in [0, 0.05) is 10.9 Å². The summed E-state index contributed by atoms with van der Waals surface area (Å²) in [5.41, 5.74) is -9.90. The Bertz CT molecular complexity index is 2390. The van der Waals surface area contributed by atoms with Gasteiger partial charge in [0.05, 0.1) is 13.6 Å². The molecule has 0 aliphatic heterocycles. The fourth-order valence-electron chi connectivity index (χ4n) is 6.71. The molecule has 6 aromatic carbocycles. The van der Waals surface area contributed by atoms with Gasteiger partial charge in [0.2, 0.25) is 5.82 Å². The summed E-state index contributed by atoms with van der Waals surface area (Å²) in [7, 11) is -3.50. The summed E-state index contributed by atoms with van der Waals surface area (Å²) in [6.45, 7) is 0.839. The van der Waals surface area contributed by atoms with Crippen molar-refractivity contribution >= 4 is 47.1 Å². The zero-order chi connectivity index (χ0) is 39.9. The molecule has 0 bridgehead atoms. The molecule has 54 heavy (non-hydrogen) atoms. The van der Waals surface area contributed by atoms with Crippen LogP contribution in [0.5, 0.6) is 0 Å². The molecular weight excluding hydrogens is 768 g/mol. The summed E-state index contributed by atoms with van der Waals surface area (Å²) in [5, 5.41) is -0.568. The summed E-state index contributed by atoms with van der Waals surface area (Å²) in [4.78, 5) is 0. The molecule has 0 aromatic heterocycles. The van der Waals surface area contributed by atoms with Crippen LogP contribution in [0.3, 0.4) is 0 Å². The lowest BCUT2D eigenvalue weighted by atomic mass is 9.34. The van der Waals surface area contributed by atoms with E-state index in [2.05, 4.69) is 0 Å². The minimum absolute atomic E-state index is 0.0493. The molecule has 278 valence electrons. The number of benzene rings is 6. The van der Waals surface area contributed by atoms with Crippen molar-refractivity contribution in [2.45, 2.75) is 19.6 Å². The first-order valence-corrected chi connectivity index (χ1v) is 18.9. The van der Waals surface area contributed by atoms with Crippen LogP contribution in [0.15, 0.2) is 54.6 Å². The lowest BCUT2D eigenvalue weighted by Crippen LogP contribution is -2.61. The van der Waals surface area contributed by atoms with Gasteiger partial charge in [0.25, 0.3) is 6.71 Å². The molecule has 0 amide bonds. The van der Waals surface area contributed by atoms with Crippen LogP contribution in [0.25, 0.3) is 33.0 Å². The van der Waals surface area contributed by atoms with E-state index in [4.69, 9.17) is 0 Å². The van der Waals surface area contributed by atoms with Gasteiger partial charge >= 0.3 is 0 Å². The monoisotopic (exact) mass is 786 g/mol. The van der Waals surface area contributed by atoms with E-state index >= 15 is 52.7 Å². The molecule has 0 saturated carbocycles. The van der Waals surface area contributed by atoms with Crippen molar-refractivity contribution in [3.8, 4) is 22.3 Å². The molecule has 0 saturated heterocycles. The van der Waals surface area contributed by atoms with Crippen molar-refractivity contribution in [2.75, 3.05) is 0 Å². The van der Waals surface area contributed by atoms with Gasteiger partial charge in [0.15, 0.2) is 81.4 Å². The predicted octanol–water partition coefficient (Wildman–Crippen LogP) is 9.32. The van der Waals surface area contributed by atoms with Crippen LogP contribution in [0.2, 0.25) is 19.6 Å². The highest BCUT2D eigenvalue weighted by Crippen LogP contribution is 2.38. The fourth-order valence-corrected chi connectivity index (χ4v) is 8.75. The highest BCUT2D eigenvalue weighted by molar-refractivity contribution is 6.99. The molecule has 0 unspecified atom stereocenters. The summed E-state index contributed by atoms with van der Waals surface area (Å²) >= 11 is 0. The van der Waals surface area contributed by atoms with Crippen LogP contribution in [0.1, 0.15) is 0 Å². The molecule has 0 heterocycles. The molecule has 6 aromatic rings. The number of hydrogen-bond donors (Lipinski definition) is 0. The van der Waals surface area contributed by atoms with Gasteiger partial charge in [-0.05, 0) is 32.6 Å². The van der Waals surface area contributed by atoms with Gasteiger partial charge < -0.3 is 0 Å². The predicted molar refractivity (Wildman–Crippen MR) is 175 cm³/mol. The van der Waals surface area contributed by atoms with E-state index in [1.807, 2.05) is 0 Å². The molecule has 0 spiro atoms. The second-order valence-electron chi connectivity index (χ2n) is 13.0. The van der Waals surface area contributed by atoms with E-state index in [0.29, 0.717) is 0 Å². The normalized spacial score (nSPS) is 11.9. The van der Waals surface area contributed by atoms with Crippen LogP contribution >= 0.6 is 0 Å². The average Bonchev–Trinajstić information content (AvgIpc) is 3.15. The van der Waals surface area contributed by atoms with Gasteiger partial charge in [-0.15, -0.1) is 0 Å². The average molecular weight is 786 g/mol. The van der Waals surface area contributed by atoms with Crippen LogP contribution in [-0.4, -0.2) is 14.8 Å². The van der Waals surface area contributed by atoms with E-state index in [1.54, 1.807) is 0 Å². The molecule has 17 heteroatoms. The minimum Gasteiger partial charge on any atom is -0.204 e. The Morgan fingerprint density at radius 1 is 0.333 bits per heavy atom. The van der Waals surface area contributed by atoms with Crippen molar-refractivity contribution in [1.29, 1.82) is 0 Å². The molecule has 6 rings (SSSR count). The van der Waals surface area contributed by atoms with Crippen LogP contribution in [-0.2, 0) is 0 Å². The Balaban J connectivity index is 2.11. The van der Waals surface area contributed by atoms with Gasteiger partial charge in [-0.25, -0.2) is 65.9 Å². The molecule has 0 aliphatic rings. The minimum atomic E-state index is -3.50. The van der Waals surface area contributed by atoms with Gasteiger partial charge in [0.1, 0.15) is 0 Å². The molecule has 0 atom stereocenters. The van der Waals surface area contributed by atoms with E-state index in [-0.39, 0.29) is 21.5 Å². The molecule has 0 nitrogen and oxygen atoms in total. The Hall–Kier alpha value is -5.19. The maximum atomic E-state index is 16.2. The fraction of sp³-hybridized carbons (Fsp3) is 0.0811.